The standard InChI is InChI=1S/C30H50O7/c1-15(2)27(34)19(6)23(32)12-21(31)10-9-16(3)25-18(5)13-30(8)14-24(33)28(35)20(7)26(30)22(25)11-17(4)29(36)37/h9,11,13,15,19-28,31-35H,10,12,14H2,1-8H3,(H,36,37)/b16-9+,17-11+/t19-,20+,21-,22-,23+,24+,25+,26+,27-,28-,30+/m1/s1. The first-order chi connectivity index (χ1) is 17.0. The third-order valence-electron chi connectivity index (χ3n) is 9.08. The van der Waals surface area contributed by atoms with Crippen molar-refractivity contribution in [2.45, 2.75) is 105 Å². The number of carboxylic acid groups (broad SMARTS) is 1. The van der Waals surface area contributed by atoms with Crippen LogP contribution in [0.2, 0.25) is 0 Å². The van der Waals surface area contributed by atoms with E-state index in [1.165, 1.54) is 0 Å². The molecule has 1 fully saturated rings. The van der Waals surface area contributed by atoms with Gasteiger partial charge >= 0.3 is 5.97 Å². The lowest BCUT2D eigenvalue weighted by Crippen LogP contribution is -2.55. The molecular formula is C30H50O7. The molecule has 0 spiro atoms. The highest BCUT2D eigenvalue weighted by atomic mass is 16.4. The number of rotatable bonds is 10. The van der Waals surface area contributed by atoms with E-state index in [1.54, 1.807) is 19.9 Å². The molecule has 7 heteroatoms. The zero-order chi connectivity index (χ0) is 28.4. The van der Waals surface area contributed by atoms with Gasteiger partial charge in [-0.1, -0.05) is 64.0 Å². The van der Waals surface area contributed by atoms with Crippen molar-refractivity contribution in [3.05, 3.63) is 34.9 Å². The van der Waals surface area contributed by atoms with Gasteiger partial charge in [0.2, 0.25) is 0 Å². The first-order valence-electron chi connectivity index (χ1n) is 13.7. The average molecular weight is 523 g/mol. The number of carbonyl (C=O) groups is 1. The molecule has 7 nitrogen and oxygen atoms in total. The molecule has 1 saturated carbocycles. The van der Waals surface area contributed by atoms with Gasteiger partial charge in [0.25, 0.3) is 0 Å². The number of aliphatic carboxylic acids is 1. The zero-order valence-corrected chi connectivity index (χ0v) is 23.8. The summed E-state index contributed by atoms with van der Waals surface area (Å²) in [6.45, 7) is 15.2. The lowest BCUT2D eigenvalue weighted by Gasteiger charge is -2.55. The summed E-state index contributed by atoms with van der Waals surface area (Å²) in [5.74, 6) is -1.98. The Morgan fingerprint density at radius 2 is 1.76 bits per heavy atom. The van der Waals surface area contributed by atoms with Crippen LogP contribution in [0.15, 0.2) is 34.9 Å². The maximum Gasteiger partial charge on any atom is 0.330 e. The largest absolute Gasteiger partial charge is 0.478 e. The molecule has 11 atom stereocenters. The van der Waals surface area contributed by atoms with Crippen molar-refractivity contribution < 1.29 is 35.4 Å². The molecule has 37 heavy (non-hydrogen) atoms. The number of hydrogen-bond acceptors (Lipinski definition) is 6. The summed E-state index contributed by atoms with van der Waals surface area (Å²) in [7, 11) is 0. The van der Waals surface area contributed by atoms with E-state index in [2.05, 4.69) is 13.0 Å². The van der Waals surface area contributed by atoms with Crippen molar-refractivity contribution in [1.82, 2.24) is 0 Å². The SMILES string of the molecule is CC1=C[C@@]2(C)C[C@H](O)[C@H](O)[C@@H](C)[C@H]2[C@H](/C=C(\C)C(=O)O)[C@H]1/C(C)=C/C[C@@H](O)C[C@H](O)[C@@H](C)[C@H](O)C(C)C. The van der Waals surface area contributed by atoms with E-state index in [1.807, 2.05) is 40.7 Å². The third-order valence-corrected chi connectivity index (χ3v) is 9.08. The monoisotopic (exact) mass is 522 g/mol. The molecule has 0 radical (unpaired) electrons. The Labute approximate surface area is 222 Å². The Hall–Kier alpha value is -1.51. The van der Waals surface area contributed by atoms with E-state index >= 15 is 0 Å². The van der Waals surface area contributed by atoms with Crippen LogP contribution in [-0.4, -0.2) is 67.1 Å². The molecule has 0 saturated heterocycles. The summed E-state index contributed by atoms with van der Waals surface area (Å²) in [5.41, 5.74) is 1.92. The summed E-state index contributed by atoms with van der Waals surface area (Å²) < 4.78 is 0. The Bertz CT molecular complexity index is 890. The zero-order valence-electron chi connectivity index (χ0n) is 23.8. The fourth-order valence-electron chi connectivity index (χ4n) is 7.03. The van der Waals surface area contributed by atoms with Crippen molar-refractivity contribution in [3.8, 4) is 0 Å². The van der Waals surface area contributed by atoms with Crippen LogP contribution >= 0.6 is 0 Å². The minimum atomic E-state index is -0.986. The van der Waals surface area contributed by atoms with E-state index in [0.717, 1.165) is 11.1 Å². The van der Waals surface area contributed by atoms with Gasteiger partial charge in [-0.05, 0) is 69.1 Å². The van der Waals surface area contributed by atoms with Gasteiger partial charge in [-0.3, -0.25) is 0 Å². The number of aliphatic hydroxyl groups excluding tert-OH is 5. The number of fused-ring (bicyclic) bond motifs is 1. The maximum atomic E-state index is 11.8. The predicted molar refractivity (Wildman–Crippen MR) is 145 cm³/mol. The molecule has 0 aromatic carbocycles. The Balaban J connectivity index is 2.36. The first-order valence-corrected chi connectivity index (χ1v) is 13.7. The van der Waals surface area contributed by atoms with Crippen molar-refractivity contribution in [1.29, 1.82) is 0 Å². The molecule has 0 heterocycles. The molecule has 6 N–H and O–H groups in total. The second kappa shape index (κ2) is 12.6. The molecule has 2 aliphatic carbocycles. The molecule has 0 aromatic heterocycles. The summed E-state index contributed by atoms with van der Waals surface area (Å²) in [5, 5.41) is 62.4. The van der Waals surface area contributed by atoms with Gasteiger partial charge in [0.15, 0.2) is 0 Å². The molecule has 2 aliphatic rings. The Morgan fingerprint density at radius 3 is 2.30 bits per heavy atom. The fraction of sp³-hybridized carbons (Fsp3) is 0.767. The van der Waals surface area contributed by atoms with Gasteiger partial charge in [-0.2, -0.15) is 0 Å². The quantitative estimate of drug-likeness (QED) is 0.190. The van der Waals surface area contributed by atoms with E-state index < -0.39 is 41.9 Å². The van der Waals surface area contributed by atoms with Crippen LogP contribution < -0.4 is 0 Å². The van der Waals surface area contributed by atoms with Crippen LogP contribution in [0.25, 0.3) is 0 Å². The second-order valence-electron chi connectivity index (χ2n) is 12.5. The van der Waals surface area contributed by atoms with Crippen LogP contribution in [0, 0.1) is 40.9 Å². The minimum Gasteiger partial charge on any atom is -0.478 e. The molecule has 0 amide bonds. The van der Waals surface area contributed by atoms with Crippen LogP contribution in [0.4, 0.5) is 0 Å². The molecule has 0 unspecified atom stereocenters. The number of aliphatic hydroxyl groups is 5. The van der Waals surface area contributed by atoms with E-state index in [4.69, 9.17) is 0 Å². The molecule has 2 rings (SSSR count). The number of allylic oxidation sites excluding steroid dienone is 4. The van der Waals surface area contributed by atoms with Crippen molar-refractivity contribution in [2.24, 2.45) is 40.9 Å². The normalized spacial score (nSPS) is 36.4. The van der Waals surface area contributed by atoms with Crippen molar-refractivity contribution >= 4 is 5.97 Å². The summed E-state index contributed by atoms with van der Waals surface area (Å²) in [6.07, 6.45) is 2.83. The minimum absolute atomic E-state index is 0.0109. The second-order valence-corrected chi connectivity index (χ2v) is 12.5. The summed E-state index contributed by atoms with van der Waals surface area (Å²) in [4.78, 5) is 11.8. The molecular weight excluding hydrogens is 472 g/mol. The van der Waals surface area contributed by atoms with Gasteiger partial charge in [-0.25, -0.2) is 4.79 Å². The number of hydrogen-bond donors (Lipinski definition) is 6. The van der Waals surface area contributed by atoms with Crippen LogP contribution in [0.5, 0.6) is 0 Å². The van der Waals surface area contributed by atoms with Crippen molar-refractivity contribution in [2.75, 3.05) is 0 Å². The van der Waals surface area contributed by atoms with E-state index in [9.17, 15) is 35.4 Å². The molecule has 0 aliphatic heterocycles. The van der Waals surface area contributed by atoms with E-state index in [0.29, 0.717) is 12.8 Å². The molecule has 0 bridgehead atoms. The highest BCUT2D eigenvalue weighted by Gasteiger charge is 2.54. The van der Waals surface area contributed by atoms with Gasteiger partial charge in [0, 0.05) is 17.4 Å². The van der Waals surface area contributed by atoms with Crippen LogP contribution in [-0.2, 0) is 4.79 Å². The predicted octanol–water partition coefficient (Wildman–Crippen LogP) is 3.70. The fourth-order valence-corrected chi connectivity index (χ4v) is 7.03. The van der Waals surface area contributed by atoms with Crippen LogP contribution in [0.1, 0.15) is 74.7 Å². The Kier molecular flexibility index (Phi) is 10.8. The van der Waals surface area contributed by atoms with Crippen molar-refractivity contribution in [3.63, 3.8) is 0 Å². The topological polar surface area (TPSA) is 138 Å². The molecule has 0 aromatic rings. The van der Waals surface area contributed by atoms with E-state index in [-0.39, 0.29) is 47.5 Å². The van der Waals surface area contributed by atoms with Gasteiger partial charge < -0.3 is 30.6 Å². The average Bonchev–Trinajstić information content (AvgIpc) is 2.79. The molecule has 212 valence electrons. The third kappa shape index (κ3) is 7.12. The van der Waals surface area contributed by atoms with Gasteiger partial charge in [-0.15, -0.1) is 0 Å². The smallest absolute Gasteiger partial charge is 0.330 e. The Morgan fingerprint density at radius 1 is 1.16 bits per heavy atom. The number of carboxylic acids is 1. The highest BCUT2D eigenvalue weighted by Crippen LogP contribution is 2.57. The summed E-state index contributed by atoms with van der Waals surface area (Å²) >= 11 is 0. The summed E-state index contributed by atoms with van der Waals surface area (Å²) in [6, 6.07) is 0. The van der Waals surface area contributed by atoms with Gasteiger partial charge in [0.05, 0.1) is 30.5 Å². The highest BCUT2D eigenvalue weighted by molar-refractivity contribution is 5.85. The first kappa shape index (κ1) is 31.7. The lowest BCUT2D eigenvalue weighted by atomic mass is 9.50. The van der Waals surface area contributed by atoms with Crippen LogP contribution in [0.3, 0.4) is 0 Å². The van der Waals surface area contributed by atoms with Gasteiger partial charge in [0.1, 0.15) is 0 Å². The lowest BCUT2D eigenvalue weighted by molar-refractivity contribution is -0.132. The maximum absolute atomic E-state index is 11.8.